The highest BCUT2D eigenvalue weighted by molar-refractivity contribution is 5.60. The molecule has 0 saturated heterocycles. The maximum absolute atomic E-state index is 5.41. The molecule has 0 unspecified atom stereocenters. The van der Waals surface area contributed by atoms with Gasteiger partial charge in [0, 0.05) is 25.8 Å². The summed E-state index contributed by atoms with van der Waals surface area (Å²) in [7, 11) is 1.67. The Labute approximate surface area is 124 Å². The van der Waals surface area contributed by atoms with Crippen LogP contribution in [0.25, 0.3) is 11.3 Å². The minimum atomic E-state index is 0.646. The van der Waals surface area contributed by atoms with Crippen LogP contribution in [0.1, 0.15) is 12.1 Å². The van der Waals surface area contributed by atoms with Crippen molar-refractivity contribution in [2.24, 2.45) is 0 Å². The van der Waals surface area contributed by atoms with Crippen molar-refractivity contribution in [1.29, 1.82) is 0 Å². The lowest BCUT2D eigenvalue weighted by molar-refractivity contribution is 0.0694. The molecule has 0 radical (unpaired) electrons. The third-order valence-electron chi connectivity index (χ3n) is 3.03. The molecule has 21 heavy (non-hydrogen) atoms. The zero-order chi connectivity index (χ0) is 14.8. The molecular weight excluding hydrogens is 268 g/mol. The standard InChI is InChI=1S/C15H22N4O2/c1-20-10-11-21-9-5-8-16-12-14-15(18-19-17-14)13-6-3-2-4-7-13/h2-4,6-7,16H,5,8-12H2,1H3,(H,17,18,19). The van der Waals surface area contributed by atoms with Crippen molar-refractivity contribution in [3.05, 3.63) is 36.0 Å². The summed E-state index contributed by atoms with van der Waals surface area (Å²) in [6.45, 7) is 3.61. The van der Waals surface area contributed by atoms with E-state index in [1.165, 1.54) is 0 Å². The van der Waals surface area contributed by atoms with Crippen molar-refractivity contribution >= 4 is 0 Å². The lowest BCUT2D eigenvalue weighted by Gasteiger charge is -2.05. The molecule has 2 rings (SSSR count). The van der Waals surface area contributed by atoms with E-state index < -0.39 is 0 Å². The highest BCUT2D eigenvalue weighted by atomic mass is 16.5. The summed E-state index contributed by atoms with van der Waals surface area (Å²) in [6.07, 6.45) is 0.961. The Bertz CT molecular complexity index is 501. The Hall–Kier alpha value is -1.76. The average Bonchev–Trinajstić information content (AvgIpc) is 2.99. The van der Waals surface area contributed by atoms with Crippen LogP contribution in [0.4, 0.5) is 0 Å². The number of benzene rings is 1. The highest BCUT2D eigenvalue weighted by Crippen LogP contribution is 2.18. The van der Waals surface area contributed by atoms with Crippen LogP contribution in [0.2, 0.25) is 0 Å². The molecule has 0 spiro atoms. The number of H-pyrrole nitrogens is 1. The van der Waals surface area contributed by atoms with Gasteiger partial charge in [0.25, 0.3) is 0 Å². The van der Waals surface area contributed by atoms with Gasteiger partial charge in [0.2, 0.25) is 0 Å². The maximum Gasteiger partial charge on any atom is 0.117 e. The van der Waals surface area contributed by atoms with Gasteiger partial charge in [-0.2, -0.15) is 15.4 Å². The van der Waals surface area contributed by atoms with Gasteiger partial charge in [0.05, 0.1) is 13.2 Å². The normalized spacial score (nSPS) is 10.9. The summed E-state index contributed by atoms with van der Waals surface area (Å²) in [5, 5.41) is 14.5. The van der Waals surface area contributed by atoms with E-state index in [0.717, 1.165) is 36.5 Å². The van der Waals surface area contributed by atoms with Gasteiger partial charge < -0.3 is 14.8 Å². The first-order valence-corrected chi connectivity index (χ1v) is 7.14. The highest BCUT2D eigenvalue weighted by Gasteiger charge is 2.08. The van der Waals surface area contributed by atoms with Gasteiger partial charge in [-0.3, -0.25) is 0 Å². The van der Waals surface area contributed by atoms with E-state index in [4.69, 9.17) is 9.47 Å². The molecule has 1 aromatic heterocycles. The first kappa shape index (κ1) is 15.6. The fourth-order valence-electron chi connectivity index (χ4n) is 1.95. The van der Waals surface area contributed by atoms with Gasteiger partial charge in [0.1, 0.15) is 11.4 Å². The van der Waals surface area contributed by atoms with Gasteiger partial charge in [-0.25, -0.2) is 0 Å². The van der Waals surface area contributed by atoms with E-state index in [0.29, 0.717) is 19.8 Å². The van der Waals surface area contributed by atoms with Crippen LogP contribution in [-0.2, 0) is 16.0 Å². The summed E-state index contributed by atoms with van der Waals surface area (Å²) in [6, 6.07) is 10.1. The molecule has 1 aromatic carbocycles. The summed E-state index contributed by atoms with van der Waals surface area (Å²) in [4.78, 5) is 0. The number of ether oxygens (including phenoxy) is 2. The summed E-state index contributed by atoms with van der Waals surface area (Å²) in [5.74, 6) is 0. The van der Waals surface area contributed by atoms with E-state index in [1.54, 1.807) is 7.11 Å². The fourth-order valence-corrected chi connectivity index (χ4v) is 1.95. The number of nitrogens with one attached hydrogen (secondary N) is 2. The summed E-state index contributed by atoms with van der Waals surface area (Å²) < 4.78 is 10.3. The number of aromatic amines is 1. The second-order valence-electron chi connectivity index (χ2n) is 4.62. The van der Waals surface area contributed by atoms with Gasteiger partial charge in [0.15, 0.2) is 0 Å². The molecule has 6 nitrogen and oxygen atoms in total. The van der Waals surface area contributed by atoms with Crippen LogP contribution in [0, 0.1) is 0 Å². The number of nitrogens with zero attached hydrogens (tertiary/aromatic N) is 2. The zero-order valence-electron chi connectivity index (χ0n) is 12.3. The SMILES string of the molecule is COCCOCCCNCc1n[nH]nc1-c1ccccc1. The molecule has 0 bridgehead atoms. The Morgan fingerprint density at radius 3 is 2.76 bits per heavy atom. The molecule has 2 N–H and O–H groups in total. The predicted molar refractivity (Wildman–Crippen MR) is 80.8 cm³/mol. The van der Waals surface area contributed by atoms with Gasteiger partial charge in [-0.1, -0.05) is 30.3 Å². The molecule has 0 aliphatic heterocycles. The molecule has 0 aliphatic carbocycles. The minimum absolute atomic E-state index is 0.646. The second-order valence-corrected chi connectivity index (χ2v) is 4.62. The quantitative estimate of drug-likeness (QED) is 0.651. The number of hydrogen-bond donors (Lipinski definition) is 2. The van der Waals surface area contributed by atoms with Crippen molar-refractivity contribution < 1.29 is 9.47 Å². The van der Waals surface area contributed by atoms with Crippen molar-refractivity contribution in [2.75, 3.05) is 33.5 Å². The second kappa shape index (κ2) is 9.23. The Morgan fingerprint density at radius 2 is 1.95 bits per heavy atom. The molecule has 0 saturated carbocycles. The number of methoxy groups -OCH3 is 1. The molecule has 1 heterocycles. The topological polar surface area (TPSA) is 72.1 Å². The molecule has 0 amide bonds. The van der Waals surface area contributed by atoms with Crippen LogP contribution >= 0.6 is 0 Å². The Balaban J connectivity index is 1.69. The molecule has 0 fully saturated rings. The Kier molecular flexibility index (Phi) is 6.87. The predicted octanol–water partition coefficient (Wildman–Crippen LogP) is 1.61. The first-order chi connectivity index (χ1) is 10.4. The summed E-state index contributed by atoms with van der Waals surface area (Å²) >= 11 is 0. The van der Waals surface area contributed by atoms with Crippen LogP contribution in [0.15, 0.2) is 30.3 Å². The van der Waals surface area contributed by atoms with Crippen LogP contribution in [-0.4, -0.2) is 48.9 Å². The molecule has 114 valence electrons. The van der Waals surface area contributed by atoms with E-state index >= 15 is 0 Å². The molecular formula is C15H22N4O2. The smallest absolute Gasteiger partial charge is 0.117 e. The van der Waals surface area contributed by atoms with Crippen molar-refractivity contribution in [3.8, 4) is 11.3 Å². The average molecular weight is 290 g/mol. The van der Waals surface area contributed by atoms with Crippen molar-refractivity contribution in [2.45, 2.75) is 13.0 Å². The van der Waals surface area contributed by atoms with Crippen LogP contribution in [0.3, 0.4) is 0 Å². The molecule has 0 aliphatic rings. The third-order valence-corrected chi connectivity index (χ3v) is 3.03. The Morgan fingerprint density at radius 1 is 1.10 bits per heavy atom. The number of aromatic nitrogens is 3. The maximum atomic E-state index is 5.41. The van der Waals surface area contributed by atoms with E-state index in [9.17, 15) is 0 Å². The summed E-state index contributed by atoms with van der Waals surface area (Å²) in [5.41, 5.74) is 2.91. The molecule has 6 heteroatoms. The molecule has 2 aromatic rings. The van der Waals surface area contributed by atoms with E-state index in [1.807, 2.05) is 30.3 Å². The fraction of sp³-hybridized carbons (Fsp3) is 0.467. The largest absolute Gasteiger partial charge is 0.382 e. The van der Waals surface area contributed by atoms with Gasteiger partial charge in [-0.05, 0) is 13.0 Å². The van der Waals surface area contributed by atoms with E-state index in [-0.39, 0.29) is 0 Å². The van der Waals surface area contributed by atoms with Gasteiger partial charge in [-0.15, -0.1) is 0 Å². The number of hydrogen-bond acceptors (Lipinski definition) is 5. The monoisotopic (exact) mass is 290 g/mol. The zero-order valence-corrected chi connectivity index (χ0v) is 12.3. The van der Waals surface area contributed by atoms with Crippen molar-refractivity contribution in [1.82, 2.24) is 20.7 Å². The van der Waals surface area contributed by atoms with E-state index in [2.05, 4.69) is 20.7 Å². The lowest BCUT2D eigenvalue weighted by Crippen LogP contribution is -2.17. The van der Waals surface area contributed by atoms with Gasteiger partial charge >= 0.3 is 0 Å². The van der Waals surface area contributed by atoms with Crippen molar-refractivity contribution in [3.63, 3.8) is 0 Å². The minimum Gasteiger partial charge on any atom is -0.382 e. The van der Waals surface area contributed by atoms with Crippen LogP contribution in [0.5, 0.6) is 0 Å². The van der Waals surface area contributed by atoms with Crippen LogP contribution < -0.4 is 5.32 Å². The third kappa shape index (κ3) is 5.26. The molecule has 0 atom stereocenters. The number of rotatable bonds is 10. The lowest BCUT2D eigenvalue weighted by atomic mass is 10.1. The first-order valence-electron chi connectivity index (χ1n) is 7.14.